The third kappa shape index (κ3) is 4.20. The minimum Gasteiger partial charge on any atom is -0.493 e. The Balaban J connectivity index is 1.74. The topological polar surface area (TPSA) is 69.4 Å². The van der Waals surface area contributed by atoms with E-state index in [0.29, 0.717) is 22.3 Å². The van der Waals surface area contributed by atoms with Crippen LogP contribution in [0.3, 0.4) is 0 Å². The maximum Gasteiger partial charge on any atom is 0.387 e. The van der Waals surface area contributed by atoms with Gasteiger partial charge in [-0.15, -0.1) is 0 Å². The molecule has 136 valence electrons. The molecule has 3 rings (SSSR count). The smallest absolute Gasteiger partial charge is 0.387 e. The standard InChI is InChI=1S/C17H14ClF2N3O3/c1-24-14-8-10(6-7-13(14)25-17(19)20)16-22-15(26-23-16)9-21-12-5-3-2-4-11(12)18/h2-8,17,21H,9H2,1H3. The average Bonchev–Trinajstić information content (AvgIpc) is 3.10. The van der Waals surface area contributed by atoms with Crippen molar-refractivity contribution in [2.75, 3.05) is 12.4 Å². The van der Waals surface area contributed by atoms with Gasteiger partial charge in [0.2, 0.25) is 11.7 Å². The van der Waals surface area contributed by atoms with Gasteiger partial charge in [0, 0.05) is 5.56 Å². The van der Waals surface area contributed by atoms with E-state index in [2.05, 4.69) is 20.2 Å². The van der Waals surface area contributed by atoms with Crippen LogP contribution >= 0.6 is 11.6 Å². The molecular formula is C17H14ClF2N3O3. The molecule has 6 nitrogen and oxygen atoms in total. The van der Waals surface area contributed by atoms with Gasteiger partial charge in [-0.25, -0.2) is 0 Å². The lowest BCUT2D eigenvalue weighted by molar-refractivity contribution is -0.0512. The molecule has 0 atom stereocenters. The molecule has 0 amide bonds. The SMILES string of the molecule is COc1cc(-c2noc(CNc3ccccc3Cl)n2)ccc1OC(F)F. The molecule has 1 aromatic heterocycles. The highest BCUT2D eigenvalue weighted by atomic mass is 35.5. The lowest BCUT2D eigenvalue weighted by Crippen LogP contribution is -2.03. The minimum absolute atomic E-state index is 0.0737. The molecule has 0 saturated carbocycles. The van der Waals surface area contributed by atoms with Crippen molar-refractivity contribution in [2.24, 2.45) is 0 Å². The summed E-state index contributed by atoms with van der Waals surface area (Å²) in [5.41, 5.74) is 1.28. The van der Waals surface area contributed by atoms with Crippen molar-refractivity contribution in [3.63, 3.8) is 0 Å². The molecule has 0 aliphatic rings. The first-order valence-corrected chi connectivity index (χ1v) is 7.89. The van der Waals surface area contributed by atoms with E-state index in [1.165, 1.54) is 25.3 Å². The number of para-hydroxylation sites is 1. The van der Waals surface area contributed by atoms with Crippen molar-refractivity contribution < 1.29 is 22.8 Å². The molecule has 0 aliphatic carbocycles. The van der Waals surface area contributed by atoms with Gasteiger partial charge in [0.05, 0.1) is 24.4 Å². The number of halogens is 3. The number of nitrogens with zero attached hydrogens (tertiary/aromatic N) is 2. The quantitative estimate of drug-likeness (QED) is 0.644. The number of hydrogen-bond donors (Lipinski definition) is 1. The average molecular weight is 382 g/mol. The van der Waals surface area contributed by atoms with Crippen LogP contribution in [0.4, 0.5) is 14.5 Å². The van der Waals surface area contributed by atoms with Gasteiger partial charge in [0.1, 0.15) is 0 Å². The van der Waals surface area contributed by atoms with E-state index in [4.69, 9.17) is 20.9 Å². The van der Waals surface area contributed by atoms with Crippen LogP contribution in [0.5, 0.6) is 11.5 Å². The largest absolute Gasteiger partial charge is 0.493 e. The molecule has 1 N–H and O–H groups in total. The first-order chi connectivity index (χ1) is 12.6. The van der Waals surface area contributed by atoms with Gasteiger partial charge in [-0.3, -0.25) is 0 Å². The second-order valence-corrected chi connectivity index (χ2v) is 5.50. The Labute approximate surface area is 152 Å². The van der Waals surface area contributed by atoms with Crippen molar-refractivity contribution in [2.45, 2.75) is 13.2 Å². The van der Waals surface area contributed by atoms with Gasteiger partial charge in [0.15, 0.2) is 11.5 Å². The minimum atomic E-state index is -2.94. The lowest BCUT2D eigenvalue weighted by atomic mass is 10.2. The van der Waals surface area contributed by atoms with Gasteiger partial charge in [0.25, 0.3) is 0 Å². The Morgan fingerprint density at radius 2 is 2.00 bits per heavy atom. The van der Waals surface area contributed by atoms with E-state index < -0.39 is 6.61 Å². The molecule has 0 fully saturated rings. The van der Waals surface area contributed by atoms with Gasteiger partial charge in [-0.05, 0) is 30.3 Å². The van der Waals surface area contributed by atoms with Gasteiger partial charge >= 0.3 is 6.61 Å². The van der Waals surface area contributed by atoms with Gasteiger partial charge < -0.3 is 19.3 Å². The zero-order chi connectivity index (χ0) is 18.5. The van der Waals surface area contributed by atoms with Crippen LogP contribution in [0, 0.1) is 0 Å². The third-order valence-electron chi connectivity index (χ3n) is 3.41. The Morgan fingerprint density at radius 3 is 2.73 bits per heavy atom. The zero-order valence-corrected chi connectivity index (χ0v) is 14.3. The van der Waals surface area contributed by atoms with Crippen molar-refractivity contribution in [3.8, 4) is 22.9 Å². The van der Waals surface area contributed by atoms with Gasteiger partial charge in [-0.2, -0.15) is 13.8 Å². The number of anilines is 1. The molecule has 0 aliphatic heterocycles. The maximum atomic E-state index is 12.4. The van der Waals surface area contributed by atoms with E-state index in [9.17, 15) is 8.78 Å². The van der Waals surface area contributed by atoms with E-state index in [-0.39, 0.29) is 18.0 Å². The fraction of sp³-hybridized carbons (Fsp3) is 0.176. The molecule has 0 radical (unpaired) electrons. The molecular weight excluding hydrogens is 368 g/mol. The van der Waals surface area contributed by atoms with E-state index >= 15 is 0 Å². The van der Waals surface area contributed by atoms with Crippen LogP contribution in [0.15, 0.2) is 47.0 Å². The summed E-state index contributed by atoms with van der Waals surface area (Å²) in [6.07, 6.45) is 0. The van der Waals surface area contributed by atoms with Gasteiger partial charge in [-0.1, -0.05) is 28.9 Å². The number of methoxy groups -OCH3 is 1. The third-order valence-corrected chi connectivity index (χ3v) is 3.74. The normalized spacial score (nSPS) is 10.8. The van der Waals surface area contributed by atoms with E-state index in [1.54, 1.807) is 6.07 Å². The summed E-state index contributed by atoms with van der Waals surface area (Å²) in [7, 11) is 1.35. The van der Waals surface area contributed by atoms with E-state index in [0.717, 1.165) is 5.69 Å². The molecule has 0 spiro atoms. The predicted molar refractivity (Wildman–Crippen MR) is 91.7 cm³/mol. The molecule has 9 heteroatoms. The lowest BCUT2D eigenvalue weighted by Gasteiger charge is -2.10. The molecule has 0 saturated heterocycles. The van der Waals surface area contributed by atoms with Crippen LogP contribution in [-0.2, 0) is 6.54 Å². The molecule has 2 aromatic carbocycles. The number of benzene rings is 2. The van der Waals surface area contributed by atoms with Crippen LogP contribution in [0.2, 0.25) is 5.02 Å². The summed E-state index contributed by atoms with van der Waals surface area (Å²) in [6.45, 7) is -2.66. The zero-order valence-electron chi connectivity index (χ0n) is 13.6. The second kappa shape index (κ2) is 8.01. The summed E-state index contributed by atoms with van der Waals surface area (Å²) < 4.78 is 39.4. The highest BCUT2D eigenvalue weighted by Gasteiger charge is 2.15. The first kappa shape index (κ1) is 17.9. The predicted octanol–water partition coefficient (Wildman–Crippen LogP) is 4.61. The summed E-state index contributed by atoms with van der Waals surface area (Å²) in [6, 6.07) is 11.7. The number of hydrogen-bond acceptors (Lipinski definition) is 6. The van der Waals surface area contributed by atoms with Crippen molar-refractivity contribution >= 4 is 17.3 Å². The molecule has 3 aromatic rings. The first-order valence-electron chi connectivity index (χ1n) is 7.51. The molecule has 1 heterocycles. The molecule has 0 unspecified atom stereocenters. The number of ether oxygens (including phenoxy) is 2. The monoisotopic (exact) mass is 381 g/mol. The van der Waals surface area contributed by atoms with Crippen LogP contribution in [0.1, 0.15) is 5.89 Å². The highest BCUT2D eigenvalue weighted by molar-refractivity contribution is 6.33. The van der Waals surface area contributed by atoms with E-state index in [1.807, 2.05) is 18.2 Å². The molecule has 26 heavy (non-hydrogen) atoms. The fourth-order valence-electron chi connectivity index (χ4n) is 2.22. The van der Waals surface area contributed by atoms with Crippen LogP contribution < -0.4 is 14.8 Å². The Kier molecular flexibility index (Phi) is 5.52. The van der Waals surface area contributed by atoms with Crippen LogP contribution in [0.25, 0.3) is 11.4 Å². The number of nitrogens with one attached hydrogen (secondary N) is 1. The number of rotatable bonds is 7. The Hall–Kier alpha value is -2.87. The second-order valence-electron chi connectivity index (χ2n) is 5.09. The maximum absolute atomic E-state index is 12.4. The van der Waals surface area contributed by atoms with Crippen LogP contribution in [-0.4, -0.2) is 23.9 Å². The highest BCUT2D eigenvalue weighted by Crippen LogP contribution is 2.32. The Morgan fingerprint density at radius 1 is 1.19 bits per heavy atom. The van der Waals surface area contributed by atoms with Crippen molar-refractivity contribution in [1.29, 1.82) is 0 Å². The van der Waals surface area contributed by atoms with Crippen molar-refractivity contribution in [3.05, 3.63) is 53.4 Å². The summed E-state index contributed by atoms with van der Waals surface area (Å²) in [5.74, 6) is 0.702. The van der Waals surface area contributed by atoms with Crippen molar-refractivity contribution in [1.82, 2.24) is 10.1 Å². The summed E-state index contributed by atoms with van der Waals surface area (Å²) in [4.78, 5) is 4.26. The summed E-state index contributed by atoms with van der Waals surface area (Å²) in [5, 5.41) is 7.55. The number of aromatic nitrogens is 2. The Bertz CT molecular complexity index is 889. The fourth-order valence-corrected chi connectivity index (χ4v) is 2.42. The molecule has 0 bridgehead atoms. The summed E-state index contributed by atoms with van der Waals surface area (Å²) >= 11 is 6.07. The number of alkyl halides is 2.